The monoisotopic (exact) mass is 358 g/mol. The van der Waals surface area contributed by atoms with Gasteiger partial charge in [0, 0.05) is 25.6 Å². The summed E-state index contributed by atoms with van der Waals surface area (Å²) < 4.78 is 28.6. The second-order valence-electron chi connectivity index (χ2n) is 7.59. The zero-order valence-electron chi connectivity index (χ0n) is 14.4. The number of ether oxygens (including phenoxy) is 1. The average molecular weight is 359 g/mol. The van der Waals surface area contributed by atoms with Gasteiger partial charge in [0.2, 0.25) is 0 Å². The van der Waals surface area contributed by atoms with Crippen LogP contribution in [0.25, 0.3) is 0 Å². The predicted molar refractivity (Wildman–Crippen MR) is 92.6 cm³/mol. The third-order valence-corrected chi connectivity index (χ3v) is 7.61. The van der Waals surface area contributed by atoms with Crippen molar-refractivity contribution in [3.63, 3.8) is 0 Å². The number of nitrogens with one attached hydrogen (secondary N) is 1. The lowest BCUT2D eigenvalue weighted by Gasteiger charge is -2.34. The van der Waals surface area contributed by atoms with Crippen molar-refractivity contribution >= 4 is 15.9 Å². The summed E-state index contributed by atoms with van der Waals surface area (Å²) in [5.41, 5.74) is 0. The van der Waals surface area contributed by atoms with E-state index in [1.807, 2.05) is 4.90 Å². The molecule has 1 saturated carbocycles. The van der Waals surface area contributed by atoms with Crippen molar-refractivity contribution in [3.8, 4) is 0 Å². The fourth-order valence-corrected chi connectivity index (χ4v) is 5.53. The van der Waals surface area contributed by atoms with E-state index in [4.69, 9.17) is 4.74 Å². The average Bonchev–Trinajstić information content (AvgIpc) is 2.73. The van der Waals surface area contributed by atoms with Crippen molar-refractivity contribution < 1.29 is 17.9 Å². The number of urea groups is 1. The van der Waals surface area contributed by atoms with Gasteiger partial charge in [-0.15, -0.1) is 0 Å². The number of amides is 2. The van der Waals surface area contributed by atoms with Crippen LogP contribution < -0.4 is 5.32 Å². The van der Waals surface area contributed by atoms with Crippen LogP contribution in [0.1, 0.15) is 38.5 Å². The lowest BCUT2D eigenvalue weighted by atomic mass is 9.76. The van der Waals surface area contributed by atoms with E-state index >= 15 is 0 Å². The molecule has 0 bridgehead atoms. The maximum absolute atomic E-state index is 12.4. The van der Waals surface area contributed by atoms with Crippen LogP contribution >= 0.6 is 0 Å². The van der Waals surface area contributed by atoms with Gasteiger partial charge in [-0.05, 0) is 31.1 Å². The van der Waals surface area contributed by atoms with E-state index in [0.717, 1.165) is 38.3 Å². The van der Waals surface area contributed by atoms with Crippen LogP contribution in [0.4, 0.5) is 4.79 Å². The molecule has 3 fully saturated rings. The number of hydrogen-bond acceptors (Lipinski definition) is 4. The topological polar surface area (TPSA) is 75.7 Å². The summed E-state index contributed by atoms with van der Waals surface area (Å²) in [6.07, 6.45) is 6.20. The number of rotatable bonds is 4. The first-order chi connectivity index (χ1) is 11.5. The largest absolute Gasteiger partial charge is 0.379 e. The molecule has 0 spiro atoms. The molecule has 6 nitrogen and oxygen atoms in total. The van der Waals surface area contributed by atoms with Crippen LogP contribution in [-0.2, 0) is 14.6 Å². The van der Waals surface area contributed by atoms with Crippen LogP contribution in [0.3, 0.4) is 0 Å². The minimum atomic E-state index is -2.80. The molecule has 24 heavy (non-hydrogen) atoms. The summed E-state index contributed by atoms with van der Waals surface area (Å²) in [5.74, 6) is 2.23. The lowest BCUT2D eigenvalue weighted by Crippen LogP contribution is -2.45. The first kappa shape index (κ1) is 18.0. The van der Waals surface area contributed by atoms with Crippen LogP contribution in [0.15, 0.2) is 0 Å². The van der Waals surface area contributed by atoms with Crippen LogP contribution in [0, 0.1) is 17.8 Å². The molecule has 2 heterocycles. The Hall–Kier alpha value is -0.820. The molecular formula is C17H30N2O4S. The SMILES string of the molecule is O=C(NCCC1CCS(=O)(=O)CC1)N1CCOCC(C2CCC2)C1. The van der Waals surface area contributed by atoms with Crippen molar-refractivity contribution in [1.29, 1.82) is 0 Å². The van der Waals surface area contributed by atoms with Crippen LogP contribution in [-0.4, -0.2) is 63.7 Å². The predicted octanol–water partition coefficient (Wildman–Crippen LogP) is 1.66. The van der Waals surface area contributed by atoms with Gasteiger partial charge in [-0.2, -0.15) is 0 Å². The first-order valence-corrected chi connectivity index (χ1v) is 11.2. The van der Waals surface area contributed by atoms with Crippen molar-refractivity contribution in [3.05, 3.63) is 0 Å². The summed E-state index contributed by atoms with van der Waals surface area (Å²) in [6, 6.07) is 0.00764. The number of sulfone groups is 1. The van der Waals surface area contributed by atoms with E-state index in [1.165, 1.54) is 19.3 Å². The Labute approximate surface area is 145 Å². The number of carbonyl (C=O) groups excluding carboxylic acids is 1. The molecule has 0 aromatic carbocycles. The van der Waals surface area contributed by atoms with E-state index in [1.54, 1.807) is 0 Å². The molecule has 138 valence electrons. The molecule has 1 N–H and O–H groups in total. The number of carbonyl (C=O) groups is 1. The van der Waals surface area contributed by atoms with Gasteiger partial charge >= 0.3 is 6.03 Å². The maximum Gasteiger partial charge on any atom is 0.317 e. The lowest BCUT2D eigenvalue weighted by molar-refractivity contribution is 0.0775. The standard InChI is InChI=1S/C17H30N2O4S/c20-17(18-7-4-14-5-10-24(21,22)11-6-14)19-8-9-23-13-16(12-19)15-2-1-3-15/h14-16H,1-13H2,(H,18,20). The minimum absolute atomic E-state index is 0.00764. The van der Waals surface area contributed by atoms with Gasteiger partial charge in [0.05, 0.1) is 24.7 Å². The normalized spacial score (nSPS) is 28.8. The van der Waals surface area contributed by atoms with Crippen molar-refractivity contribution in [2.75, 3.05) is 44.4 Å². The second kappa shape index (κ2) is 8.04. The highest BCUT2D eigenvalue weighted by atomic mass is 32.2. The molecule has 2 saturated heterocycles. The zero-order chi connectivity index (χ0) is 17.0. The Morgan fingerprint density at radius 1 is 1.12 bits per heavy atom. The fourth-order valence-electron chi connectivity index (χ4n) is 3.94. The summed E-state index contributed by atoms with van der Waals surface area (Å²) in [4.78, 5) is 14.3. The highest BCUT2D eigenvalue weighted by molar-refractivity contribution is 7.91. The molecular weight excluding hydrogens is 328 g/mol. The first-order valence-electron chi connectivity index (χ1n) is 9.34. The molecule has 0 radical (unpaired) electrons. The fraction of sp³-hybridized carbons (Fsp3) is 0.941. The van der Waals surface area contributed by atoms with Crippen LogP contribution in [0.2, 0.25) is 0 Å². The Morgan fingerprint density at radius 2 is 1.88 bits per heavy atom. The molecule has 2 aliphatic heterocycles. The van der Waals surface area contributed by atoms with E-state index < -0.39 is 9.84 Å². The molecule has 1 atom stereocenters. The van der Waals surface area contributed by atoms with E-state index in [2.05, 4.69) is 5.32 Å². The van der Waals surface area contributed by atoms with Crippen molar-refractivity contribution in [1.82, 2.24) is 10.2 Å². The van der Waals surface area contributed by atoms with E-state index in [0.29, 0.717) is 43.0 Å². The minimum Gasteiger partial charge on any atom is -0.379 e. The van der Waals surface area contributed by atoms with Gasteiger partial charge in [0.1, 0.15) is 9.84 Å². The van der Waals surface area contributed by atoms with E-state index in [9.17, 15) is 13.2 Å². The Morgan fingerprint density at radius 3 is 2.54 bits per heavy atom. The third-order valence-electron chi connectivity index (χ3n) is 5.90. The molecule has 7 heteroatoms. The molecule has 3 aliphatic rings. The molecule has 1 unspecified atom stereocenters. The van der Waals surface area contributed by atoms with Gasteiger partial charge in [-0.3, -0.25) is 0 Å². The summed E-state index contributed by atoms with van der Waals surface area (Å²) in [5, 5.41) is 3.03. The number of hydrogen-bond donors (Lipinski definition) is 1. The van der Waals surface area contributed by atoms with Gasteiger partial charge < -0.3 is 15.0 Å². The van der Waals surface area contributed by atoms with E-state index in [-0.39, 0.29) is 6.03 Å². The molecule has 1 aliphatic carbocycles. The Balaban J connectivity index is 1.39. The zero-order valence-corrected chi connectivity index (χ0v) is 15.2. The third kappa shape index (κ3) is 4.85. The summed E-state index contributed by atoms with van der Waals surface area (Å²) in [6.45, 7) is 3.51. The summed E-state index contributed by atoms with van der Waals surface area (Å²) in [7, 11) is -2.80. The molecule has 0 aromatic rings. The van der Waals surface area contributed by atoms with Crippen molar-refractivity contribution in [2.24, 2.45) is 17.8 Å². The Kier molecular flexibility index (Phi) is 6.02. The smallest absolute Gasteiger partial charge is 0.317 e. The Bertz CT molecular complexity index is 519. The molecule has 2 amide bonds. The van der Waals surface area contributed by atoms with Crippen molar-refractivity contribution in [2.45, 2.75) is 38.5 Å². The molecule has 0 aromatic heterocycles. The highest BCUT2D eigenvalue weighted by Crippen LogP contribution is 2.34. The highest BCUT2D eigenvalue weighted by Gasteiger charge is 2.32. The second-order valence-corrected chi connectivity index (χ2v) is 9.89. The maximum atomic E-state index is 12.4. The van der Waals surface area contributed by atoms with Gasteiger partial charge in [-0.25, -0.2) is 13.2 Å². The van der Waals surface area contributed by atoms with Crippen LogP contribution in [0.5, 0.6) is 0 Å². The molecule has 3 rings (SSSR count). The van der Waals surface area contributed by atoms with Gasteiger partial charge in [0.15, 0.2) is 0 Å². The quantitative estimate of drug-likeness (QED) is 0.829. The number of nitrogens with zero attached hydrogens (tertiary/aromatic N) is 1. The van der Waals surface area contributed by atoms with Gasteiger partial charge in [-0.1, -0.05) is 19.3 Å². The van der Waals surface area contributed by atoms with Gasteiger partial charge in [0.25, 0.3) is 0 Å². The summed E-state index contributed by atoms with van der Waals surface area (Å²) >= 11 is 0.